The SMILES string of the molecule is CCOC(=O)N1CCN(c2cc(Nc3ncc(C(=O)Nc4c(C)cccc4Cl)s3)nc(C)n2)CC1. The molecule has 184 valence electrons. The zero-order valence-electron chi connectivity index (χ0n) is 19.7. The first-order chi connectivity index (χ1) is 16.8. The smallest absolute Gasteiger partial charge is 0.409 e. The van der Waals surface area contributed by atoms with Gasteiger partial charge in [0.15, 0.2) is 5.13 Å². The average molecular weight is 516 g/mol. The van der Waals surface area contributed by atoms with Gasteiger partial charge in [0.25, 0.3) is 5.91 Å². The van der Waals surface area contributed by atoms with E-state index in [1.54, 1.807) is 17.9 Å². The Balaban J connectivity index is 1.42. The number of piperazine rings is 1. The van der Waals surface area contributed by atoms with Crippen LogP contribution < -0.4 is 15.5 Å². The number of aromatic nitrogens is 3. The van der Waals surface area contributed by atoms with Gasteiger partial charge in [0.1, 0.15) is 22.3 Å². The second-order valence-electron chi connectivity index (χ2n) is 7.87. The number of para-hydroxylation sites is 1. The third-order valence-corrected chi connectivity index (χ3v) is 6.61. The van der Waals surface area contributed by atoms with Crippen LogP contribution in [0.5, 0.6) is 0 Å². The maximum atomic E-state index is 12.7. The summed E-state index contributed by atoms with van der Waals surface area (Å²) >= 11 is 7.43. The van der Waals surface area contributed by atoms with Gasteiger partial charge >= 0.3 is 6.09 Å². The monoisotopic (exact) mass is 515 g/mol. The van der Waals surface area contributed by atoms with Crippen molar-refractivity contribution in [3.05, 3.63) is 51.7 Å². The lowest BCUT2D eigenvalue weighted by atomic mass is 10.2. The fourth-order valence-corrected chi connectivity index (χ4v) is 4.61. The molecule has 1 fully saturated rings. The van der Waals surface area contributed by atoms with Crippen LogP contribution in [0.1, 0.15) is 28.0 Å². The van der Waals surface area contributed by atoms with Crippen molar-refractivity contribution in [2.24, 2.45) is 0 Å². The molecule has 1 aliphatic rings. The van der Waals surface area contributed by atoms with Crippen molar-refractivity contribution in [3.63, 3.8) is 0 Å². The summed E-state index contributed by atoms with van der Waals surface area (Å²) in [4.78, 5) is 42.2. The van der Waals surface area contributed by atoms with E-state index < -0.39 is 0 Å². The maximum absolute atomic E-state index is 12.7. The highest BCUT2D eigenvalue weighted by molar-refractivity contribution is 7.17. The predicted octanol–water partition coefficient (Wildman–Crippen LogP) is 4.48. The van der Waals surface area contributed by atoms with Crippen molar-refractivity contribution in [1.82, 2.24) is 19.9 Å². The number of hydrogen-bond acceptors (Lipinski definition) is 9. The van der Waals surface area contributed by atoms with E-state index in [2.05, 4.69) is 30.5 Å². The summed E-state index contributed by atoms with van der Waals surface area (Å²) in [6.45, 7) is 8.24. The largest absolute Gasteiger partial charge is 0.450 e. The van der Waals surface area contributed by atoms with E-state index in [4.69, 9.17) is 16.3 Å². The van der Waals surface area contributed by atoms with E-state index in [0.29, 0.717) is 65.1 Å². The molecule has 4 rings (SSSR count). The summed E-state index contributed by atoms with van der Waals surface area (Å²) in [7, 11) is 0. The summed E-state index contributed by atoms with van der Waals surface area (Å²) in [5, 5.41) is 7.03. The molecule has 1 aliphatic heterocycles. The first-order valence-corrected chi connectivity index (χ1v) is 12.3. The molecule has 1 saturated heterocycles. The second-order valence-corrected chi connectivity index (χ2v) is 9.31. The molecule has 12 heteroatoms. The highest BCUT2D eigenvalue weighted by Crippen LogP contribution is 2.28. The van der Waals surface area contributed by atoms with Crippen molar-refractivity contribution in [1.29, 1.82) is 0 Å². The van der Waals surface area contributed by atoms with Crippen LogP contribution in [0, 0.1) is 13.8 Å². The van der Waals surface area contributed by atoms with Gasteiger partial charge in [-0.15, -0.1) is 0 Å². The van der Waals surface area contributed by atoms with Gasteiger partial charge < -0.3 is 25.2 Å². The van der Waals surface area contributed by atoms with Gasteiger partial charge in [0.2, 0.25) is 0 Å². The number of anilines is 4. The van der Waals surface area contributed by atoms with Crippen LogP contribution in [0.2, 0.25) is 5.02 Å². The third-order valence-electron chi connectivity index (χ3n) is 5.38. The lowest BCUT2D eigenvalue weighted by Gasteiger charge is -2.34. The Morgan fingerprint density at radius 2 is 1.94 bits per heavy atom. The fraction of sp³-hybridized carbons (Fsp3) is 0.348. The Morgan fingerprint density at radius 3 is 2.66 bits per heavy atom. The maximum Gasteiger partial charge on any atom is 0.409 e. The molecular weight excluding hydrogens is 490 g/mol. The van der Waals surface area contributed by atoms with E-state index in [1.165, 1.54) is 17.5 Å². The standard InChI is InChI=1S/C23H26ClN7O3S/c1-4-34-23(33)31-10-8-30(9-11-31)19-12-18(26-15(3)27-19)28-22-25-13-17(35-22)21(32)29-20-14(2)6-5-7-16(20)24/h5-7,12-13H,4,8-11H2,1-3H3,(H,29,32)(H,25,26,27,28). The van der Waals surface area contributed by atoms with E-state index in [1.807, 2.05) is 32.0 Å². The van der Waals surface area contributed by atoms with Gasteiger partial charge in [0.05, 0.1) is 23.5 Å². The van der Waals surface area contributed by atoms with Gasteiger partial charge in [-0.05, 0) is 32.4 Å². The molecule has 2 aromatic heterocycles. The molecule has 1 aromatic carbocycles. The number of hydrogen-bond donors (Lipinski definition) is 2. The molecular formula is C23H26ClN7O3S. The Morgan fingerprint density at radius 1 is 1.17 bits per heavy atom. The molecule has 2 N–H and O–H groups in total. The van der Waals surface area contributed by atoms with E-state index >= 15 is 0 Å². The normalized spacial score (nSPS) is 13.5. The molecule has 3 heterocycles. The molecule has 3 aromatic rings. The minimum absolute atomic E-state index is 0.286. The Labute approximate surface area is 212 Å². The van der Waals surface area contributed by atoms with Crippen LogP contribution in [0.4, 0.5) is 27.2 Å². The summed E-state index contributed by atoms with van der Waals surface area (Å²) < 4.78 is 5.08. The number of ether oxygens (including phenoxy) is 1. The molecule has 0 aliphatic carbocycles. The number of carbonyl (C=O) groups is 2. The van der Waals surface area contributed by atoms with Crippen LogP contribution in [0.25, 0.3) is 0 Å². The zero-order valence-corrected chi connectivity index (χ0v) is 21.2. The Bertz CT molecular complexity index is 1210. The summed E-state index contributed by atoms with van der Waals surface area (Å²) in [5.41, 5.74) is 1.46. The lowest BCUT2D eigenvalue weighted by molar-refractivity contribution is 0.102. The first-order valence-electron chi connectivity index (χ1n) is 11.2. The number of benzene rings is 1. The molecule has 2 amide bonds. The van der Waals surface area contributed by atoms with Crippen molar-refractivity contribution in [2.75, 3.05) is 48.3 Å². The molecule has 0 bridgehead atoms. The lowest BCUT2D eigenvalue weighted by Crippen LogP contribution is -2.49. The van der Waals surface area contributed by atoms with E-state index in [0.717, 1.165) is 11.4 Å². The Hall–Kier alpha value is -3.44. The van der Waals surface area contributed by atoms with Gasteiger partial charge in [-0.25, -0.2) is 19.7 Å². The molecule has 0 unspecified atom stereocenters. The second kappa shape index (κ2) is 10.9. The molecule has 0 saturated carbocycles. The number of amides is 2. The number of aryl methyl sites for hydroxylation is 2. The predicted molar refractivity (Wildman–Crippen MR) is 137 cm³/mol. The number of rotatable bonds is 6. The topological polar surface area (TPSA) is 113 Å². The summed E-state index contributed by atoms with van der Waals surface area (Å²) in [6, 6.07) is 7.28. The fourth-order valence-electron chi connectivity index (χ4n) is 3.62. The van der Waals surface area contributed by atoms with Gasteiger partial charge in [-0.3, -0.25) is 4.79 Å². The van der Waals surface area contributed by atoms with Crippen LogP contribution in [0.15, 0.2) is 30.5 Å². The van der Waals surface area contributed by atoms with Crippen LogP contribution >= 0.6 is 22.9 Å². The van der Waals surface area contributed by atoms with Crippen molar-refractivity contribution in [2.45, 2.75) is 20.8 Å². The molecule has 10 nitrogen and oxygen atoms in total. The van der Waals surface area contributed by atoms with Crippen molar-refractivity contribution >= 4 is 57.4 Å². The third kappa shape index (κ3) is 5.98. The zero-order chi connectivity index (χ0) is 24.9. The number of nitrogens with zero attached hydrogens (tertiary/aromatic N) is 5. The molecule has 0 radical (unpaired) electrons. The Kier molecular flexibility index (Phi) is 7.67. The average Bonchev–Trinajstić information content (AvgIpc) is 3.30. The minimum Gasteiger partial charge on any atom is -0.450 e. The van der Waals surface area contributed by atoms with E-state index in [9.17, 15) is 9.59 Å². The quantitative estimate of drug-likeness (QED) is 0.494. The molecule has 0 atom stereocenters. The van der Waals surface area contributed by atoms with Gasteiger partial charge in [0, 0.05) is 32.2 Å². The van der Waals surface area contributed by atoms with Gasteiger partial charge in [-0.2, -0.15) is 0 Å². The van der Waals surface area contributed by atoms with Crippen LogP contribution in [-0.4, -0.2) is 64.6 Å². The molecule has 0 spiro atoms. The molecule has 35 heavy (non-hydrogen) atoms. The van der Waals surface area contributed by atoms with Crippen LogP contribution in [0.3, 0.4) is 0 Å². The van der Waals surface area contributed by atoms with Crippen molar-refractivity contribution < 1.29 is 14.3 Å². The minimum atomic E-state index is -0.290. The van der Waals surface area contributed by atoms with Crippen molar-refractivity contribution in [3.8, 4) is 0 Å². The number of nitrogens with one attached hydrogen (secondary N) is 2. The highest BCUT2D eigenvalue weighted by atomic mass is 35.5. The van der Waals surface area contributed by atoms with Gasteiger partial charge in [-0.1, -0.05) is 35.1 Å². The number of carbonyl (C=O) groups excluding carboxylic acids is 2. The number of thiazole rings is 1. The van der Waals surface area contributed by atoms with Crippen LogP contribution in [-0.2, 0) is 4.74 Å². The highest BCUT2D eigenvalue weighted by Gasteiger charge is 2.23. The first kappa shape index (κ1) is 24.7. The summed E-state index contributed by atoms with van der Waals surface area (Å²) in [5.74, 6) is 1.64. The summed E-state index contributed by atoms with van der Waals surface area (Å²) in [6.07, 6.45) is 1.22. The number of halogens is 1. The van der Waals surface area contributed by atoms with E-state index in [-0.39, 0.29) is 12.0 Å².